The first-order valence-corrected chi connectivity index (χ1v) is 7.62. The van der Waals surface area contributed by atoms with Crippen molar-refractivity contribution < 1.29 is 0 Å². The molecule has 1 N–H and O–H groups in total. The molecule has 0 amide bonds. The zero-order chi connectivity index (χ0) is 14.1. The van der Waals surface area contributed by atoms with Gasteiger partial charge in [0.05, 0.1) is 6.04 Å². The summed E-state index contributed by atoms with van der Waals surface area (Å²) in [6.45, 7) is 2.19. The average Bonchev–Trinajstić information content (AvgIpc) is 3.14. The number of likely N-dealkylation sites (tertiary alicyclic amines) is 1. The van der Waals surface area contributed by atoms with Gasteiger partial charge in [0.25, 0.3) is 0 Å². The summed E-state index contributed by atoms with van der Waals surface area (Å²) in [4.78, 5) is 10.5. The third-order valence-electron chi connectivity index (χ3n) is 4.36. The lowest BCUT2D eigenvalue weighted by Crippen LogP contribution is -2.22. The van der Waals surface area contributed by atoms with Gasteiger partial charge < -0.3 is 4.98 Å². The summed E-state index contributed by atoms with van der Waals surface area (Å²) >= 11 is 0. The van der Waals surface area contributed by atoms with Crippen LogP contribution >= 0.6 is 0 Å². The number of aromatic nitrogens is 2. The molecule has 1 saturated heterocycles. The molecular weight excluding hydrogens is 258 g/mol. The van der Waals surface area contributed by atoms with Gasteiger partial charge in [0.15, 0.2) is 0 Å². The third-order valence-corrected chi connectivity index (χ3v) is 4.36. The van der Waals surface area contributed by atoms with Crippen LogP contribution in [0.5, 0.6) is 0 Å². The number of nitrogens with one attached hydrogen (secondary N) is 1. The molecule has 4 rings (SSSR count). The molecule has 21 heavy (non-hydrogen) atoms. The van der Waals surface area contributed by atoms with Crippen molar-refractivity contribution in [2.45, 2.75) is 25.4 Å². The average molecular weight is 277 g/mol. The second-order valence-electron chi connectivity index (χ2n) is 5.78. The molecule has 3 heteroatoms. The van der Waals surface area contributed by atoms with Gasteiger partial charge in [-0.2, -0.15) is 0 Å². The van der Waals surface area contributed by atoms with E-state index < -0.39 is 0 Å². The van der Waals surface area contributed by atoms with Crippen LogP contribution in [0.25, 0.3) is 11.0 Å². The van der Waals surface area contributed by atoms with Gasteiger partial charge in [0.2, 0.25) is 0 Å². The van der Waals surface area contributed by atoms with E-state index in [2.05, 4.69) is 57.3 Å². The lowest BCUT2D eigenvalue weighted by Gasteiger charge is -2.23. The number of benzene rings is 1. The maximum absolute atomic E-state index is 4.41. The summed E-state index contributed by atoms with van der Waals surface area (Å²) in [5.41, 5.74) is 3.69. The minimum Gasteiger partial charge on any atom is -0.342 e. The maximum Gasteiger partial charge on any atom is 0.137 e. The Hall–Kier alpha value is -2.13. The van der Waals surface area contributed by atoms with Gasteiger partial charge in [-0.05, 0) is 43.1 Å². The number of fused-ring (bicyclic) bond motifs is 1. The van der Waals surface area contributed by atoms with Gasteiger partial charge >= 0.3 is 0 Å². The Balaban J connectivity index is 1.61. The van der Waals surface area contributed by atoms with Gasteiger partial charge in [-0.25, -0.2) is 4.98 Å². The molecule has 0 bridgehead atoms. The maximum atomic E-state index is 4.41. The van der Waals surface area contributed by atoms with E-state index in [0.29, 0.717) is 6.04 Å². The number of rotatable bonds is 3. The van der Waals surface area contributed by atoms with E-state index in [1.54, 1.807) is 0 Å². The standard InChI is InChI=1S/C18H19N3/c1-2-6-14(7-3-1)13-21-11-5-9-17(21)16-12-15-8-4-10-19-18(15)20-16/h1-4,6-8,10,12,17H,5,9,11,13H2,(H,19,20)/t17-/m1/s1. The lowest BCUT2D eigenvalue weighted by atomic mass is 10.1. The Morgan fingerprint density at radius 2 is 2.05 bits per heavy atom. The van der Waals surface area contributed by atoms with Crippen molar-refractivity contribution in [1.82, 2.24) is 14.9 Å². The summed E-state index contributed by atoms with van der Waals surface area (Å²) in [6.07, 6.45) is 4.33. The molecule has 3 heterocycles. The normalized spacial score (nSPS) is 19.3. The number of hydrogen-bond acceptors (Lipinski definition) is 2. The first kappa shape index (κ1) is 12.6. The molecule has 2 aromatic heterocycles. The molecule has 1 aromatic carbocycles. The van der Waals surface area contributed by atoms with Crippen molar-refractivity contribution in [2.75, 3.05) is 6.54 Å². The number of pyridine rings is 1. The smallest absolute Gasteiger partial charge is 0.137 e. The second kappa shape index (κ2) is 5.34. The van der Waals surface area contributed by atoms with E-state index in [-0.39, 0.29) is 0 Å². The third kappa shape index (κ3) is 2.45. The van der Waals surface area contributed by atoms with E-state index in [4.69, 9.17) is 0 Å². The van der Waals surface area contributed by atoms with Crippen LogP contribution in [0.4, 0.5) is 0 Å². The van der Waals surface area contributed by atoms with Gasteiger partial charge in [-0.3, -0.25) is 4.90 Å². The van der Waals surface area contributed by atoms with Crippen LogP contribution in [0.3, 0.4) is 0 Å². The minimum absolute atomic E-state index is 0.486. The van der Waals surface area contributed by atoms with Gasteiger partial charge in [0.1, 0.15) is 5.65 Å². The minimum atomic E-state index is 0.486. The van der Waals surface area contributed by atoms with Crippen LogP contribution in [0.15, 0.2) is 54.7 Å². The highest BCUT2D eigenvalue weighted by molar-refractivity contribution is 5.76. The van der Waals surface area contributed by atoms with Crippen molar-refractivity contribution in [2.24, 2.45) is 0 Å². The van der Waals surface area contributed by atoms with E-state index in [1.165, 1.54) is 36.0 Å². The topological polar surface area (TPSA) is 31.9 Å². The van der Waals surface area contributed by atoms with Crippen LogP contribution in [0.1, 0.15) is 30.1 Å². The summed E-state index contributed by atoms with van der Waals surface area (Å²) < 4.78 is 0. The Labute approximate surface area is 124 Å². The lowest BCUT2D eigenvalue weighted by molar-refractivity contribution is 0.245. The van der Waals surface area contributed by atoms with Crippen molar-refractivity contribution in [3.05, 3.63) is 66.0 Å². The van der Waals surface area contributed by atoms with Crippen molar-refractivity contribution >= 4 is 11.0 Å². The summed E-state index contributed by atoms with van der Waals surface area (Å²) in [5.74, 6) is 0. The SMILES string of the molecule is c1ccc(CN2CCC[C@@H]2c2cc3cccnc3[nH]2)cc1. The quantitative estimate of drug-likeness (QED) is 0.787. The first-order valence-electron chi connectivity index (χ1n) is 7.62. The van der Waals surface area contributed by atoms with Gasteiger partial charge in [0, 0.05) is 23.8 Å². The van der Waals surface area contributed by atoms with E-state index in [0.717, 1.165) is 12.2 Å². The zero-order valence-corrected chi connectivity index (χ0v) is 12.0. The predicted molar refractivity (Wildman–Crippen MR) is 84.9 cm³/mol. The van der Waals surface area contributed by atoms with E-state index in [9.17, 15) is 0 Å². The van der Waals surface area contributed by atoms with Gasteiger partial charge in [-0.15, -0.1) is 0 Å². The number of H-pyrrole nitrogens is 1. The molecular formula is C18H19N3. The molecule has 1 fully saturated rings. The second-order valence-corrected chi connectivity index (χ2v) is 5.78. The van der Waals surface area contributed by atoms with Crippen LogP contribution in [0.2, 0.25) is 0 Å². The van der Waals surface area contributed by atoms with Crippen molar-refractivity contribution in [1.29, 1.82) is 0 Å². The highest BCUT2D eigenvalue weighted by Gasteiger charge is 2.27. The summed E-state index contributed by atoms with van der Waals surface area (Å²) in [5, 5.41) is 1.21. The molecule has 1 atom stereocenters. The van der Waals surface area contributed by atoms with Gasteiger partial charge in [-0.1, -0.05) is 30.3 Å². The molecule has 0 saturated carbocycles. The van der Waals surface area contributed by atoms with Crippen molar-refractivity contribution in [3.8, 4) is 0 Å². The molecule has 0 radical (unpaired) electrons. The Morgan fingerprint density at radius 3 is 2.90 bits per heavy atom. The summed E-state index contributed by atoms with van der Waals surface area (Å²) in [7, 11) is 0. The number of nitrogens with zero attached hydrogens (tertiary/aromatic N) is 2. The molecule has 0 unspecified atom stereocenters. The fraction of sp³-hybridized carbons (Fsp3) is 0.278. The molecule has 3 aromatic rings. The largest absolute Gasteiger partial charge is 0.342 e. The Bertz CT molecular complexity index is 699. The number of aromatic amines is 1. The predicted octanol–water partition coefficient (Wildman–Crippen LogP) is 3.90. The highest BCUT2D eigenvalue weighted by Crippen LogP contribution is 2.33. The highest BCUT2D eigenvalue weighted by atomic mass is 15.2. The summed E-state index contributed by atoms with van der Waals surface area (Å²) in [6, 6.07) is 17.6. The molecule has 0 spiro atoms. The Morgan fingerprint density at radius 1 is 1.14 bits per heavy atom. The van der Waals surface area contributed by atoms with Crippen LogP contribution < -0.4 is 0 Å². The monoisotopic (exact) mass is 277 g/mol. The fourth-order valence-corrected chi connectivity index (χ4v) is 3.34. The Kier molecular flexibility index (Phi) is 3.20. The van der Waals surface area contributed by atoms with Crippen molar-refractivity contribution in [3.63, 3.8) is 0 Å². The molecule has 0 aliphatic carbocycles. The van der Waals surface area contributed by atoms with Crippen LogP contribution in [0, 0.1) is 0 Å². The number of hydrogen-bond donors (Lipinski definition) is 1. The van der Waals surface area contributed by atoms with E-state index >= 15 is 0 Å². The van der Waals surface area contributed by atoms with E-state index in [1.807, 2.05) is 12.3 Å². The zero-order valence-electron chi connectivity index (χ0n) is 12.0. The van der Waals surface area contributed by atoms with Crippen LogP contribution in [-0.2, 0) is 6.54 Å². The molecule has 106 valence electrons. The van der Waals surface area contributed by atoms with Crippen LogP contribution in [-0.4, -0.2) is 21.4 Å². The molecule has 1 aliphatic heterocycles. The first-order chi connectivity index (χ1) is 10.4. The molecule has 1 aliphatic rings. The fourth-order valence-electron chi connectivity index (χ4n) is 3.34. The molecule has 3 nitrogen and oxygen atoms in total.